The van der Waals surface area contributed by atoms with Crippen LogP contribution in [0.4, 0.5) is 5.69 Å². The molecule has 0 radical (unpaired) electrons. The third kappa shape index (κ3) is 6.29. The van der Waals surface area contributed by atoms with Crippen LogP contribution in [-0.2, 0) is 6.54 Å². The van der Waals surface area contributed by atoms with Gasteiger partial charge >= 0.3 is 0 Å². The molecule has 0 aliphatic carbocycles. The number of rotatable bonds is 11. The second-order valence-electron chi connectivity index (χ2n) is 7.71. The standard InChI is InChI=1S/C23H32N3O4/c1-5-26(3,6-2)17-7-16-24(18-19-8-14-22(30-4)15-9-19)23(27)20-10-12-21(13-11-20)25(28)29/h8-15H,5-7,16-18H2,1-4H3/q+1. The molecule has 0 N–H and O–H groups in total. The maximum atomic E-state index is 13.2. The van der Waals surface area contributed by atoms with Gasteiger partial charge in [0.2, 0.25) is 0 Å². The van der Waals surface area contributed by atoms with E-state index in [0.717, 1.165) is 41.9 Å². The normalized spacial score (nSPS) is 11.2. The van der Waals surface area contributed by atoms with E-state index in [4.69, 9.17) is 4.74 Å². The van der Waals surface area contributed by atoms with Crippen molar-refractivity contribution in [1.82, 2.24) is 4.90 Å². The van der Waals surface area contributed by atoms with Gasteiger partial charge in [-0.05, 0) is 43.7 Å². The molecule has 0 atom stereocenters. The summed E-state index contributed by atoms with van der Waals surface area (Å²) < 4.78 is 6.17. The van der Waals surface area contributed by atoms with Crippen molar-refractivity contribution < 1.29 is 18.9 Å². The third-order valence-electron chi connectivity index (χ3n) is 5.80. The van der Waals surface area contributed by atoms with Crippen molar-refractivity contribution in [1.29, 1.82) is 0 Å². The highest BCUT2D eigenvalue weighted by Gasteiger charge is 2.20. The summed E-state index contributed by atoms with van der Waals surface area (Å²) in [5.74, 6) is 0.647. The molecule has 0 aliphatic heterocycles. The van der Waals surface area contributed by atoms with Crippen LogP contribution >= 0.6 is 0 Å². The number of hydrogen-bond donors (Lipinski definition) is 0. The van der Waals surface area contributed by atoms with Crippen LogP contribution in [0.5, 0.6) is 5.75 Å². The van der Waals surface area contributed by atoms with E-state index in [2.05, 4.69) is 20.9 Å². The van der Waals surface area contributed by atoms with Gasteiger partial charge in [0, 0.05) is 37.2 Å². The number of nitro groups is 1. The molecule has 2 aromatic carbocycles. The molecule has 0 saturated heterocycles. The van der Waals surface area contributed by atoms with Crippen molar-refractivity contribution in [2.24, 2.45) is 0 Å². The zero-order valence-corrected chi connectivity index (χ0v) is 18.3. The lowest BCUT2D eigenvalue weighted by Crippen LogP contribution is -2.45. The molecule has 7 nitrogen and oxygen atoms in total. The first-order valence-electron chi connectivity index (χ1n) is 10.3. The number of nitrogens with zero attached hydrogens (tertiary/aromatic N) is 3. The fraction of sp³-hybridized carbons (Fsp3) is 0.435. The Morgan fingerprint density at radius 3 is 2.17 bits per heavy atom. The summed E-state index contributed by atoms with van der Waals surface area (Å²) in [5.41, 5.74) is 1.44. The van der Waals surface area contributed by atoms with Crippen molar-refractivity contribution in [3.8, 4) is 5.75 Å². The van der Waals surface area contributed by atoms with Crippen molar-refractivity contribution in [2.45, 2.75) is 26.8 Å². The van der Waals surface area contributed by atoms with E-state index in [0.29, 0.717) is 18.7 Å². The van der Waals surface area contributed by atoms with Gasteiger partial charge in [-0.3, -0.25) is 14.9 Å². The van der Waals surface area contributed by atoms with Crippen LogP contribution in [0.3, 0.4) is 0 Å². The number of carbonyl (C=O) groups is 1. The maximum absolute atomic E-state index is 13.2. The minimum absolute atomic E-state index is 0.0211. The van der Waals surface area contributed by atoms with E-state index < -0.39 is 4.92 Å². The summed E-state index contributed by atoms with van der Waals surface area (Å²) in [6.45, 7) is 8.54. The number of benzene rings is 2. The molecule has 2 rings (SSSR count). The summed E-state index contributed by atoms with van der Waals surface area (Å²) in [7, 11) is 3.85. The lowest BCUT2D eigenvalue weighted by atomic mass is 10.1. The second-order valence-corrected chi connectivity index (χ2v) is 7.71. The van der Waals surface area contributed by atoms with Crippen LogP contribution in [0.2, 0.25) is 0 Å². The van der Waals surface area contributed by atoms with Crippen molar-refractivity contribution in [3.05, 3.63) is 69.8 Å². The van der Waals surface area contributed by atoms with Gasteiger partial charge in [0.15, 0.2) is 0 Å². The van der Waals surface area contributed by atoms with Gasteiger partial charge in [-0.1, -0.05) is 12.1 Å². The fourth-order valence-electron chi connectivity index (χ4n) is 3.30. The summed E-state index contributed by atoms with van der Waals surface area (Å²) in [5, 5.41) is 10.9. The van der Waals surface area contributed by atoms with Crippen molar-refractivity contribution in [3.63, 3.8) is 0 Å². The average molecular weight is 415 g/mol. The van der Waals surface area contributed by atoms with Gasteiger partial charge in [-0.2, -0.15) is 0 Å². The quantitative estimate of drug-likeness (QED) is 0.315. The number of quaternary nitrogens is 1. The van der Waals surface area contributed by atoms with E-state index in [1.54, 1.807) is 7.11 Å². The van der Waals surface area contributed by atoms with E-state index in [9.17, 15) is 14.9 Å². The number of amides is 1. The summed E-state index contributed by atoms with van der Waals surface area (Å²) in [4.78, 5) is 25.4. The van der Waals surface area contributed by atoms with E-state index in [1.807, 2.05) is 29.2 Å². The molecule has 0 spiro atoms. The van der Waals surface area contributed by atoms with Crippen LogP contribution < -0.4 is 4.74 Å². The Hall–Kier alpha value is -2.93. The number of nitro benzene ring substituents is 1. The molecular formula is C23H32N3O4+. The lowest BCUT2D eigenvalue weighted by molar-refractivity contribution is -0.906. The zero-order chi connectivity index (χ0) is 22.1. The number of ether oxygens (including phenoxy) is 1. The molecule has 0 heterocycles. The number of carbonyl (C=O) groups excluding carboxylic acids is 1. The Kier molecular flexibility index (Phi) is 8.35. The van der Waals surface area contributed by atoms with E-state index >= 15 is 0 Å². The Morgan fingerprint density at radius 1 is 1.07 bits per heavy atom. The first kappa shape index (κ1) is 23.3. The molecule has 0 fully saturated rings. The monoisotopic (exact) mass is 414 g/mol. The summed E-state index contributed by atoms with van der Waals surface area (Å²) in [6.07, 6.45) is 0.882. The molecule has 0 unspecified atom stereocenters. The van der Waals surface area contributed by atoms with Crippen molar-refractivity contribution >= 4 is 11.6 Å². The zero-order valence-electron chi connectivity index (χ0n) is 18.3. The fourth-order valence-corrected chi connectivity index (χ4v) is 3.30. The smallest absolute Gasteiger partial charge is 0.269 e. The lowest BCUT2D eigenvalue weighted by Gasteiger charge is -2.33. The van der Waals surface area contributed by atoms with E-state index in [-0.39, 0.29) is 11.6 Å². The van der Waals surface area contributed by atoms with E-state index in [1.165, 1.54) is 24.3 Å². The van der Waals surface area contributed by atoms with Crippen molar-refractivity contribution in [2.75, 3.05) is 40.3 Å². The summed E-state index contributed by atoms with van der Waals surface area (Å²) >= 11 is 0. The molecule has 2 aromatic rings. The molecule has 162 valence electrons. The highest BCUT2D eigenvalue weighted by Crippen LogP contribution is 2.18. The first-order valence-corrected chi connectivity index (χ1v) is 10.3. The van der Waals surface area contributed by atoms with Gasteiger partial charge in [0.1, 0.15) is 5.75 Å². The van der Waals surface area contributed by atoms with Crippen LogP contribution in [0.25, 0.3) is 0 Å². The molecule has 30 heavy (non-hydrogen) atoms. The topological polar surface area (TPSA) is 72.7 Å². The predicted molar refractivity (Wildman–Crippen MR) is 118 cm³/mol. The average Bonchev–Trinajstić information content (AvgIpc) is 2.78. The van der Waals surface area contributed by atoms with Crippen LogP contribution in [0.15, 0.2) is 48.5 Å². The Morgan fingerprint density at radius 2 is 1.67 bits per heavy atom. The van der Waals surface area contributed by atoms with Gasteiger partial charge in [0.05, 0.1) is 38.7 Å². The highest BCUT2D eigenvalue weighted by atomic mass is 16.6. The number of hydrogen-bond acceptors (Lipinski definition) is 4. The molecule has 0 aromatic heterocycles. The summed E-state index contributed by atoms with van der Waals surface area (Å²) in [6, 6.07) is 13.5. The number of methoxy groups -OCH3 is 1. The van der Waals surface area contributed by atoms with Gasteiger partial charge in [-0.15, -0.1) is 0 Å². The Bertz CT molecular complexity index is 831. The predicted octanol–water partition coefficient (Wildman–Crippen LogP) is 4.12. The minimum Gasteiger partial charge on any atom is -0.497 e. The molecular weight excluding hydrogens is 382 g/mol. The Labute approximate surface area is 178 Å². The van der Waals surface area contributed by atoms with Gasteiger partial charge in [-0.25, -0.2) is 0 Å². The second kappa shape index (κ2) is 10.7. The molecule has 1 amide bonds. The Balaban J connectivity index is 2.17. The van der Waals surface area contributed by atoms with Gasteiger partial charge < -0.3 is 14.1 Å². The molecule has 7 heteroatoms. The van der Waals surface area contributed by atoms with Crippen LogP contribution in [0.1, 0.15) is 36.2 Å². The first-order chi connectivity index (χ1) is 14.3. The highest BCUT2D eigenvalue weighted by molar-refractivity contribution is 5.94. The maximum Gasteiger partial charge on any atom is 0.269 e. The minimum atomic E-state index is -0.461. The van der Waals surface area contributed by atoms with Crippen LogP contribution in [-0.4, -0.2) is 60.5 Å². The number of non-ortho nitro benzene ring substituents is 1. The molecule has 0 bridgehead atoms. The largest absolute Gasteiger partial charge is 0.497 e. The van der Waals surface area contributed by atoms with Crippen LogP contribution in [0, 0.1) is 10.1 Å². The SMILES string of the molecule is CC[N+](C)(CC)CCCN(Cc1ccc(OC)cc1)C(=O)c1ccc([N+](=O)[O-])cc1. The molecule has 0 saturated carbocycles. The third-order valence-corrected chi connectivity index (χ3v) is 5.80. The molecule has 0 aliphatic rings. The van der Waals surface area contributed by atoms with Gasteiger partial charge in [0.25, 0.3) is 11.6 Å².